The molecule has 40 unspecified atom stereocenters. The van der Waals surface area contributed by atoms with E-state index in [0.717, 1.165) is 6.92 Å². The first-order valence-electron chi connectivity index (χ1n) is 32.3. The summed E-state index contributed by atoms with van der Waals surface area (Å²) in [5, 5.41) is 187. The van der Waals surface area contributed by atoms with Gasteiger partial charge in [0.25, 0.3) is 0 Å². The average molecular weight is 1710 g/mol. The van der Waals surface area contributed by atoms with Gasteiger partial charge in [0.05, 0.1) is 50.7 Å². The van der Waals surface area contributed by atoms with E-state index < -0.39 is 337 Å². The van der Waals surface area contributed by atoms with Gasteiger partial charge < -0.3 is 180 Å². The lowest BCUT2D eigenvalue weighted by Crippen LogP contribution is -2.70. The lowest BCUT2D eigenvalue weighted by molar-refractivity contribution is -0.381. The topological polar surface area (TPSA) is 892 Å². The normalized spacial score (nSPS) is 45.7. The number of aliphatic hydroxyl groups excluding tert-OH is 13. The molecule has 0 spiro atoms. The molecular formula is C51H83N3O53S4. The molecule has 111 heavy (non-hydrogen) atoms. The zero-order valence-electron chi connectivity index (χ0n) is 56.5. The summed E-state index contributed by atoms with van der Waals surface area (Å²) in [6.07, 6.45) is -84.9. The molecule has 8 fully saturated rings. The third kappa shape index (κ3) is 22.3. The van der Waals surface area contributed by atoms with Crippen molar-refractivity contribution in [1.29, 1.82) is 0 Å². The van der Waals surface area contributed by atoms with E-state index in [0.29, 0.717) is 0 Å². The minimum atomic E-state index is -5.60. The number of aliphatic carboxylic acids is 4. The van der Waals surface area contributed by atoms with Gasteiger partial charge in [-0.05, 0) is 6.92 Å². The first-order chi connectivity index (χ1) is 51.3. The van der Waals surface area contributed by atoms with Crippen molar-refractivity contribution in [3.63, 3.8) is 0 Å². The molecule has 8 heterocycles. The molecule has 0 amide bonds. The van der Waals surface area contributed by atoms with Gasteiger partial charge in [0.1, 0.15) is 140 Å². The fourth-order valence-electron chi connectivity index (χ4n) is 12.5. The van der Waals surface area contributed by atoms with Crippen LogP contribution in [0.15, 0.2) is 0 Å². The Kier molecular flexibility index (Phi) is 31.2. The molecule has 0 aromatic carbocycles. The van der Waals surface area contributed by atoms with Gasteiger partial charge in [0, 0.05) is 12.5 Å². The number of aliphatic hydroxyl groups is 13. The second-order valence-corrected chi connectivity index (χ2v) is 30.1. The molecule has 60 heteroatoms. The lowest BCUT2D eigenvalue weighted by atomic mass is 9.92. The van der Waals surface area contributed by atoms with Crippen LogP contribution in [0, 0.1) is 5.92 Å². The fraction of sp³-hybridized carbons (Fsp3) is 0.922. The van der Waals surface area contributed by atoms with Gasteiger partial charge in [-0.25, -0.2) is 35.9 Å². The standard InChI is InChI=1S/C51H83N3O53S4/c1-3-88-48-25(64)21(60)33(36(104-48)40(68)69)101-45-13(52)18(57)30(10(94-45)5-90-109(79,80)81)98-50-27(66)23(62)35(38(106-50)42(72)73)103-47-15(54)20(59)31(12(96-47)7-92-111(85,86)87)99-51-28(67)24(63)34(39(107-51)43(74)75)102-46-14(53)19(58)29(11(95-46)6-91-110(82,83)84)97-49-26(65)22(61)32(37(105-49)41(70)71)100-44-8(2)16(55)17(56)9(93-44)4-89-108(76,77)78/h8-39,44-51,55-67H,3-7,52-54H2,1-2H3,(H,68,69)(H,70,71)(H,72,73)(H,74,75)(H,76,77,78)(H,79,80,81)(H,82,83,84)(H,85,86,87). The number of hydrogen-bond acceptors (Lipinski definition) is 48. The Morgan fingerprint density at radius 2 is 0.523 bits per heavy atom. The van der Waals surface area contributed by atoms with Crippen molar-refractivity contribution in [2.45, 2.75) is 253 Å². The Labute approximate surface area is 623 Å². The van der Waals surface area contributed by atoms with Crippen LogP contribution < -0.4 is 17.2 Å². The van der Waals surface area contributed by atoms with Gasteiger partial charge >= 0.3 is 65.5 Å². The highest BCUT2D eigenvalue weighted by atomic mass is 32.3. The number of rotatable bonds is 32. The molecule has 0 aromatic heterocycles. The summed E-state index contributed by atoms with van der Waals surface area (Å²) in [5.74, 6) is -9.55. The van der Waals surface area contributed by atoms with E-state index in [9.17, 15) is 153 Å². The number of carboxylic acids is 4. The first kappa shape index (κ1) is 92.6. The maximum atomic E-state index is 13.0. The number of nitrogens with two attached hydrogens (primary N) is 3. The number of carbonyl (C=O) groups is 4. The fourth-order valence-corrected chi connectivity index (χ4v) is 13.8. The smallest absolute Gasteiger partial charge is 0.397 e. The summed E-state index contributed by atoms with van der Waals surface area (Å²) < 4.78 is 236. The highest BCUT2D eigenvalue weighted by molar-refractivity contribution is 7.81. The minimum absolute atomic E-state index is 0.169. The van der Waals surface area contributed by atoms with Crippen LogP contribution in [0.1, 0.15) is 13.8 Å². The van der Waals surface area contributed by atoms with E-state index in [1.165, 1.54) is 6.92 Å². The minimum Gasteiger partial charge on any atom is -0.479 e. The summed E-state index contributed by atoms with van der Waals surface area (Å²) in [5.41, 5.74) is 18.6. The zero-order valence-corrected chi connectivity index (χ0v) is 59.7. The van der Waals surface area contributed by atoms with E-state index in [4.69, 9.17) is 97.5 Å². The van der Waals surface area contributed by atoms with Gasteiger partial charge in [-0.3, -0.25) is 18.2 Å². The maximum Gasteiger partial charge on any atom is 0.397 e. The molecule has 0 aromatic rings. The largest absolute Gasteiger partial charge is 0.479 e. The molecule has 8 rings (SSSR count). The third-order valence-electron chi connectivity index (χ3n) is 18.2. The van der Waals surface area contributed by atoms with Crippen LogP contribution in [0.3, 0.4) is 0 Å². The predicted molar refractivity (Wildman–Crippen MR) is 327 cm³/mol. The predicted octanol–water partition coefficient (Wildman–Crippen LogP) is -16.6. The summed E-state index contributed by atoms with van der Waals surface area (Å²) in [7, 11) is -21.8. The molecule has 8 aliphatic rings. The van der Waals surface area contributed by atoms with Crippen LogP contribution >= 0.6 is 0 Å². The molecule has 27 N–H and O–H groups in total. The van der Waals surface area contributed by atoms with Crippen molar-refractivity contribution in [1.82, 2.24) is 0 Å². The van der Waals surface area contributed by atoms with Crippen molar-refractivity contribution in [3.05, 3.63) is 0 Å². The Morgan fingerprint density at radius 1 is 0.297 bits per heavy atom. The number of hydrogen-bond donors (Lipinski definition) is 24. The van der Waals surface area contributed by atoms with E-state index in [1.807, 2.05) is 0 Å². The van der Waals surface area contributed by atoms with Crippen molar-refractivity contribution in [2.24, 2.45) is 23.1 Å². The molecule has 8 aliphatic heterocycles. The van der Waals surface area contributed by atoms with Gasteiger partial charge in [-0.2, -0.15) is 33.7 Å². The van der Waals surface area contributed by atoms with E-state index in [1.54, 1.807) is 0 Å². The van der Waals surface area contributed by atoms with Gasteiger partial charge in [0.15, 0.2) is 74.7 Å². The van der Waals surface area contributed by atoms with Crippen LogP contribution in [-0.2, 0) is 153 Å². The highest BCUT2D eigenvalue weighted by Crippen LogP contribution is 2.40. The Balaban J connectivity index is 0.954. The average Bonchev–Trinajstić information content (AvgIpc) is 0.765. The highest BCUT2D eigenvalue weighted by Gasteiger charge is 2.61. The van der Waals surface area contributed by atoms with Crippen LogP contribution in [0.2, 0.25) is 0 Å². The SMILES string of the molecule is CCOC1OC(C(=O)O)C(OC2OC(COS(=O)(=O)O)C(OC3OC(C(=O)O)C(OC4OC(COS(=O)(=O)O)C(OC5OC(C(=O)O)C(OC6OC(COS(=O)(=O)O)C(OC7OC(C(=O)O)C(OC8OC(COS(=O)(=O)O)C(O)C(O)C8C)C(O)C7O)C(O)C6N)C(O)C5O)C(O)C4N)C(O)C3O)C(O)C2N)C(O)C1O. The van der Waals surface area contributed by atoms with Gasteiger partial charge in [-0.15, -0.1) is 0 Å². The summed E-state index contributed by atoms with van der Waals surface area (Å²) in [6, 6.07) is -6.50. The molecule has 0 bridgehead atoms. The first-order valence-corrected chi connectivity index (χ1v) is 37.7. The van der Waals surface area contributed by atoms with Gasteiger partial charge in [-0.1, -0.05) is 6.92 Å². The molecule has 40 atom stereocenters. The maximum absolute atomic E-state index is 13.0. The Hall–Kier alpha value is -3.92. The lowest BCUT2D eigenvalue weighted by Gasteiger charge is -2.50. The monoisotopic (exact) mass is 1710 g/mol. The third-order valence-corrected chi connectivity index (χ3v) is 20.0. The van der Waals surface area contributed by atoms with Crippen LogP contribution in [0.5, 0.6) is 0 Å². The van der Waals surface area contributed by atoms with Gasteiger partial charge in [0.2, 0.25) is 0 Å². The Morgan fingerprint density at radius 3 is 0.775 bits per heavy atom. The van der Waals surface area contributed by atoms with Crippen LogP contribution in [-0.4, -0.2) is 435 Å². The summed E-state index contributed by atoms with van der Waals surface area (Å²) in [4.78, 5) is 50.8. The molecule has 0 radical (unpaired) electrons. The Bertz CT molecular complexity index is 3620. The van der Waals surface area contributed by atoms with Crippen LogP contribution in [0.4, 0.5) is 0 Å². The molecule has 56 nitrogen and oxygen atoms in total. The van der Waals surface area contributed by atoms with Crippen molar-refractivity contribution in [2.75, 3.05) is 33.0 Å². The molecule has 8 saturated heterocycles. The van der Waals surface area contributed by atoms with Crippen molar-refractivity contribution < 1.29 is 250 Å². The molecule has 644 valence electrons. The van der Waals surface area contributed by atoms with Crippen molar-refractivity contribution in [3.8, 4) is 0 Å². The second kappa shape index (κ2) is 37.4. The number of carboxylic acid groups (broad SMARTS) is 4. The summed E-state index contributed by atoms with van der Waals surface area (Å²) >= 11 is 0. The van der Waals surface area contributed by atoms with E-state index in [2.05, 4.69) is 16.7 Å². The van der Waals surface area contributed by atoms with Crippen LogP contribution in [0.25, 0.3) is 0 Å². The zero-order chi connectivity index (χ0) is 83.1. The quantitative estimate of drug-likeness (QED) is 0.0278. The van der Waals surface area contributed by atoms with Crippen molar-refractivity contribution >= 4 is 65.5 Å². The second-order valence-electron chi connectivity index (χ2n) is 25.7. The number of ether oxygens (including phenoxy) is 16. The summed E-state index contributed by atoms with van der Waals surface area (Å²) in [6.45, 7) is -3.28. The van der Waals surface area contributed by atoms with E-state index >= 15 is 0 Å². The van der Waals surface area contributed by atoms with E-state index in [-0.39, 0.29) is 6.61 Å². The molecule has 0 saturated carbocycles. The molecular weight excluding hydrogens is 1630 g/mol. The molecule has 0 aliphatic carbocycles.